The van der Waals surface area contributed by atoms with Gasteiger partial charge in [-0.15, -0.1) is 0 Å². The van der Waals surface area contributed by atoms with Crippen LogP contribution in [0, 0.1) is 0 Å². The van der Waals surface area contributed by atoms with E-state index in [-0.39, 0.29) is 31.5 Å². The summed E-state index contributed by atoms with van der Waals surface area (Å²) in [6, 6.07) is -0.888. The summed E-state index contributed by atoms with van der Waals surface area (Å²) in [5, 5.41) is 3.02. The molecule has 0 aromatic rings. The maximum atomic E-state index is 13.5. The van der Waals surface area contributed by atoms with Gasteiger partial charge in [0, 0.05) is 12.8 Å². The van der Waals surface area contributed by atoms with E-state index in [1.165, 1.54) is 154 Å². The molecule has 3 unspecified atom stereocenters. The van der Waals surface area contributed by atoms with Gasteiger partial charge in [-0.3, -0.25) is 14.2 Å². The summed E-state index contributed by atoms with van der Waals surface area (Å²) in [7, 11) is 1.18. The first kappa shape index (κ1) is 66.2. The average molecular weight is 980 g/mol. The number of phosphoric acid groups is 1. The van der Waals surface area contributed by atoms with E-state index in [1.54, 1.807) is 0 Å². The molecule has 0 saturated heterocycles. The molecule has 0 saturated carbocycles. The van der Waals surface area contributed by atoms with Crippen molar-refractivity contribution in [2.45, 2.75) is 283 Å². The van der Waals surface area contributed by atoms with Gasteiger partial charge in [0.2, 0.25) is 5.91 Å². The molecule has 400 valence electrons. The number of allylic oxidation sites excluding steroid dienone is 5. The van der Waals surface area contributed by atoms with Crippen molar-refractivity contribution in [1.82, 2.24) is 5.32 Å². The number of quaternary nitrogens is 1. The molecule has 0 rings (SSSR count). The molecule has 0 aromatic carbocycles. The topological polar surface area (TPSA) is 114 Å². The number of nitrogens with one attached hydrogen (secondary N) is 1. The zero-order valence-corrected chi connectivity index (χ0v) is 46.5. The Kier molecular flexibility index (Phi) is 47.6. The van der Waals surface area contributed by atoms with Gasteiger partial charge >= 0.3 is 5.97 Å². The summed E-state index contributed by atoms with van der Waals surface area (Å²) < 4.78 is 30.2. The van der Waals surface area contributed by atoms with Crippen LogP contribution in [-0.4, -0.2) is 69.4 Å². The number of nitrogens with zero attached hydrogens (tertiary/aromatic N) is 1. The molecule has 0 aliphatic carbocycles. The molecule has 0 aliphatic rings. The Hall–Kier alpha value is -1.77. The molecule has 1 N–H and O–H groups in total. The molecular formula is C58H111N2O7P. The molecule has 0 heterocycles. The second kappa shape index (κ2) is 48.8. The number of carbonyl (C=O) groups is 2. The number of ether oxygens (including phenoxy) is 1. The van der Waals surface area contributed by atoms with Gasteiger partial charge in [-0.25, -0.2) is 0 Å². The van der Waals surface area contributed by atoms with Gasteiger partial charge in [0.15, 0.2) is 0 Å². The van der Waals surface area contributed by atoms with Crippen molar-refractivity contribution in [2.75, 3.05) is 40.9 Å². The standard InChI is InChI=1S/C58H111N2O7P/c1-7-10-13-16-19-22-25-28-30-32-35-38-41-44-47-50-57(61)59-55(54-66-68(63,64)65-53-52-60(4,5)6)56(49-46-43-40-37-34-27-24-21-18-15-12-9-3)67-58(62)51-48-45-42-39-36-33-31-29-26-23-20-17-14-11-8-2/h22-23,25-26,46,49,55-56H,7-21,24,27-45,47-48,50-54H2,1-6H3,(H-,59,61,63,64)/b25-22-,26-23-,49-46+. The Bertz CT molecular complexity index is 1270. The number of rotatable bonds is 52. The molecule has 68 heavy (non-hydrogen) atoms. The van der Waals surface area contributed by atoms with Crippen LogP contribution in [0.2, 0.25) is 0 Å². The first-order valence-corrected chi connectivity index (χ1v) is 30.3. The highest BCUT2D eigenvalue weighted by Gasteiger charge is 2.27. The minimum Gasteiger partial charge on any atom is -0.756 e. The molecule has 0 fully saturated rings. The molecule has 3 atom stereocenters. The normalized spacial score (nSPS) is 14.0. The monoisotopic (exact) mass is 979 g/mol. The van der Waals surface area contributed by atoms with Crippen molar-refractivity contribution in [1.29, 1.82) is 0 Å². The van der Waals surface area contributed by atoms with Crippen LogP contribution in [0.1, 0.15) is 271 Å². The summed E-state index contributed by atoms with van der Waals surface area (Å²) >= 11 is 0. The maximum Gasteiger partial charge on any atom is 0.306 e. The van der Waals surface area contributed by atoms with E-state index >= 15 is 0 Å². The largest absolute Gasteiger partial charge is 0.756 e. The summed E-state index contributed by atoms with van der Waals surface area (Å²) in [4.78, 5) is 39.8. The fourth-order valence-corrected chi connectivity index (χ4v) is 9.00. The van der Waals surface area contributed by atoms with Crippen LogP contribution < -0.4 is 10.2 Å². The second-order valence-electron chi connectivity index (χ2n) is 20.8. The molecule has 9 nitrogen and oxygen atoms in total. The fraction of sp³-hybridized carbons (Fsp3) is 0.862. The van der Waals surface area contributed by atoms with Crippen molar-refractivity contribution in [3.63, 3.8) is 0 Å². The minimum atomic E-state index is -4.69. The van der Waals surface area contributed by atoms with Crippen molar-refractivity contribution in [3.8, 4) is 0 Å². The Morgan fingerprint density at radius 1 is 0.500 bits per heavy atom. The van der Waals surface area contributed by atoms with E-state index in [0.717, 1.165) is 83.5 Å². The zero-order chi connectivity index (χ0) is 50.1. The molecule has 0 bridgehead atoms. The van der Waals surface area contributed by atoms with E-state index < -0.39 is 20.0 Å². The van der Waals surface area contributed by atoms with Crippen molar-refractivity contribution in [2.24, 2.45) is 0 Å². The van der Waals surface area contributed by atoms with Gasteiger partial charge in [0.25, 0.3) is 7.82 Å². The number of unbranched alkanes of at least 4 members (excludes halogenated alkanes) is 32. The van der Waals surface area contributed by atoms with Crippen LogP contribution in [0.15, 0.2) is 36.5 Å². The highest BCUT2D eigenvalue weighted by molar-refractivity contribution is 7.45. The van der Waals surface area contributed by atoms with Crippen LogP contribution in [0.25, 0.3) is 0 Å². The predicted molar refractivity (Wildman–Crippen MR) is 289 cm³/mol. The van der Waals surface area contributed by atoms with Gasteiger partial charge < -0.3 is 28.5 Å². The average Bonchev–Trinajstić information content (AvgIpc) is 3.29. The first-order valence-electron chi connectivity index (χ1n) is 28.8. The third-order valence-corrected chi connectivity index (χ3v) is 13.8. The Morgan fingerprint density at radius 2 is 0.853 bits per heavy atom. The quantitative estimate of drug-likeness (QED) is 0.0212. The van der Waals surface area contributed by atoms with Gasteiger partial charge in [-0.05, 0) is 83.1 Å². The van der Waals surface area contributed by atoms with E-state index in [0.29, 0.717) is 17.4 Å². The zero-order valence-electron chi connectivity index (χ0n) is 45.6. The number of esters is 1. The van der Waals surface area contributed by atoms with Crippen LogP contribution in [0.5, 0.6) is 0 Å². The Balaban J connectivity index is 5.35. The van der Waals surface area contributed by atoms with E-state index in [4.69, 9.17) is 13.8 Å². The Morgan fingerprint density at radius 3 is 1.26 bits per heavy atom. The third kappa shape index (κ3) is 49.2. The summed E-state index contributed by atoms with van der Waals surface area (Å²) in [6.07, 6.45) is 56.7. The molecule has 1 amide bonds. The minimum absolute atomic E-state index is 0.0225. The number of hydrogen-bond acceptors (Lipinski definition) is 7. The number of likely N-dealkylation sites (N-methyl/N-ethyl adjacent to an activating group) is 1. The Labute approximate surface area is 421 Å². The lowest BCUT2D eigenvalue weighted by Gasteiger charge is -2.30. The smallest absolute Gasteiger partial charge is 0.306 e. The number of hydrogen-bond donors (Lipinski definition) is 1. The molecule has 0 aliphatic heterocycles. The van der Waals surface area contributed by atoms with Crippen LogP contribution in [-0.2, 0) is 27.9 Å². The summed E-state index contributed by atoms with van der Waals surface area (Å²) in [5.41, 5.74) is 0. The molecular weight excluding hydrogens is 868 g/mol. The maximum absolute atomic E-state index is 13.5. The van der Waals surface area contributed by atoms with Crippen LogP contribution in [0.4, 0.5) is 0 Å². The number of phosphoric ester groups is 1. The van der Waals surface area contributed by atoms with Crippen LogP contribution >= 0.6 is 7.82 Å². The van der Waals surface area contributed by atoms with Crippen LogP contribution in [0.3, 0.4) is 0 Å². The fourth-order valence-electron chi connectivity index (χ4n) is 8.28. The van der Waals surface area contributed by atoms with Crippen molar-refractivity contribution in [3.05, 3.63) is 36.5 Å². The lowest BCUT2D eigenvalue weighted by molar-refractivity contribution is -0.870. The molecule has 10 heteroatoms. The molecule has 0 radical (unpaired) electrons. The SMILES string of the molecule is CCCCCC/C=C\CCCCCCCCCC(=O)NC(COP(=O)([O-])OCC[N+](C)(C)C)C(/C=C/CCCCCCCCCCCC)OC(=O)CCCCCCCCC/C=C\CCCCCC. The van der Waals surface area contributed by atoms with E-state index in [9.17, 15) is 19.0 Å². The van der Waals surface area contributed by atoms with Gasteiger partial charge in [-0.1, -0.05) is 212 Å². The lowest BCUT2D eigenvalue weighted by atomic mass is 10.0. The lowest BCUT2D eigenvalue weighted by Crippen LogP contribution is -2.47. The number of carbonyl (C=O) groups excluding carboxylic acids is 2. The highest BCUT2D eigenvalue weighted by Crippen LogP contribution is 2.38. The highest BCUT2D eigenvalue weighted by atomic mass is 31.2. The van der Waals surface area contributed by atoms with E-state index in [2.05, 4.69) is 50.4 Å². The van der Waals surface area contributed by atoms with Gasteiger partial charge in [0.05, 0.1) is 33.8 Å². The summed E-state index contributed by atoms with van der Waals surface area (Å²) in [5.74, 6) is -0.545. The van der Waals surface area contributed by atoms with E-state index in [1.807, 2.05) is 33.3 Å². The molecule has 0 spiro atoms. The van der Waals surface area contributed by atoms with Gasteiger partial charge in [0.1, 0.15) is 19.3 Å². The second-order valence-corrected chi connectivity index (χ2v) is 22.2. The van der Waals surface area contributed by atoms with Crippen molar-refractivity contribution >= 4 is 19.7 Å². The third-order valence-electron chi connectivity index (χ3n) is 12.8. The first-order chi connectivity index (χ1) is 32.9. The molecule has 0 aromatic heterocycles. The van der Waals surface area contributed by atoms with Gasteiger partial charge in [-0.2, -0.15) is 0 Å². The van der Waals surface area contributed by atoms with Crippen molar-refractivity contribution < 1.29 is 37.3 Å². The summed E-state index contributed by atoms with van der Waals surface area (Å²) in [6.45, 7) is 6.82. The predicted octanol–water partition coefficient (Wildman–Crippen LogP) is 16.5. The number of amides is 1.